The first-order valence-corrected chi connectivity index (χ1v) is 4.06. The summed E-state index contributed by atoms with van der Waals surface area (Å²) in [4.78, 5) is 11.0. The van der Waals surface area contributed by atoms with Gasteiger partial charge in [0.1, 0.15) is 5.54 Å². The van der Waals surface area contributed by atoms with Crippen LogP contribution in [-0.2, 0) is 4.79 Å². The van der Waals surface area contributed by atoms with E-state index < -0.39 is 5.54 Å². The van der Waals surface area contributed by atoms with E-state index in [0.29, 0.717) is 6.04 Å². The fourth-order valence-electron chi connectivity index (χ4n) is 1.54. The van der Waals surface area contributed by atoms with Crippen molar-refractivity contribution in [2.75, 3.05) is 0 Å². The lowest BCUT2D eigenvalue weighted by Gasteiger charge is -2.33. The van der Waals surface area contributed by atoms with Gasteiger partial charge in [0.2, 0.25) is 5.91 Å². The first-order valence-electron chi connectivity index (χ1n) is 4.06. The van der Waals surface area contributed by atoms with Gasteiger partial charge in [0.15, 0.2) is 0 Å². The number of hydrogen-bond donors (Lipinski definition) is 1. The maximum atomic E-state index is 11.0. The van der Waals surface area contributed by atoms with Crippen molar-refractivity contribution in [1.82, 2.24) is 5.32 Å². The van der Waals surface area contributed by atoms with Crippen LogP contribution in [0.3, 0.4) is 0 Å². The molecule has 2 unspecified atom stereocenters. The summed E-state index contributed by atoms with van der Waals surface area (Å²) < 4.78 is 0. The van der Waals surface area contributed by atoms with Crippen LogP contribution in [0.4, 0.5) is 0 Å². The van der Waals surface area contributed by atoms with Crippen LogP contribution >= 0.6 is 0 Å². The number of primary amides is 1. The standard InChI is InChI=1S/C8H15N2O/c1-6-4-3-5-8(2,10-6)7(9)11/h6H,3-5H2,1-2H3,(H2,9,11). The first kappa shape index (κ1) is 8.53. The molecule has 0 saturated carbocycles. The summed E-state index contributed by atoms with van der Waals surface area (Å²) >= 11 is 0. The molecule has 1 rings (SSSR count). The molecule has 3 nitrogen and oxygen atoms in total. The Kier molecular flexibility index (Phi) is 2.18. The third-order valence-corrected chi connectivity index (χ3v) is 2.32. The van der Waals surface area contributed by atoms with E-state index in [4.69, 9.17) is 5.73 Å². The molecule has 0 aliphatic carbocycles. The molecule has 0 spiro atoms. The predicted octanol–water partition coefficient (Wildman–Crippen LogP) is 0.407. The van der Waals surface area contributed by atoms with Gasteiger partial charge in [0, 0.05) is 6.04 Å². The molecule has 0 bridgehead atoms. The normalized spacial score (nSPS) is 38.5. The van der Waals surface area contributed by atoms with E-state index in [-0.39, 0.29) is 5.91 Å². The molecular formula is C8H15N2O. The van der Waals surface area contributed by atoms with Gasteiger partial charge in [-0.05, 0) is 33.1 Å². The van der Waals surface area contributed by atoms with Crippen LogP contribution in [0, 0.1) is 0 Å². The first-order chi connectivity index (χ1) is 5.04. The van der Waals surface area contributed by atoms with Crippen LogP contribution in [0.1, 0.15) is 33.1 Å². The summed E-state index contributed by atoms with van der Waals surface area (Å²) in [6.07, 6.45) is 2.96. The van der Waals surface area contributed by atoms with Crippen LogP contribution in [-0.4, -0.2) is 17.5 Å². The monoisotopic (exact) mass is 155 g/mol. The molecule has 0 aromatic rings. The highest BCUT2D eigenvalue weighted by Gasteiger charge is 2.36. The molecule has 1 aliphatic rings. The van der Waals surface area contributed by atoms with Gasteiger partial charge in [-0.25, -0.2) is 5.32 Å². The number of nitrogens with two attached hydrogens (primary N) is 1. The molecule has 2 atom stereocenters. The zero-order valence-corrected chi connectivity index (χ0v) is 7.13. The summed E-state index contributed by atoms with van der Waals surface area (Å²) in [6, 6.07) is 0.293. The molecule has 1 aliphatic heterocycles. The van der Waals surface area contributed by atoms with Gasteiger partial charge in [-0.3, -0.25) is 4.79 Å². The highest BCUT2D eigenvalue weighted by Crippen LogP contribution is 2.23. The maximum Gasteiger partial charge on any atom is 0.239 e. The largest absolute Gasteiger partial charge is 0.368 e. The molecule has 0 aromatic carbocycles. The minimum atomic E-state index is -0.586. The van der Waals surface area contributed by atoms with E-state index in [2.05, 4.69) is 5.32 Å². The Bertz CT molecular complexity index is 169. The van der Waals surface area contributed by atoms with Crippen molar-refractivity contribution in [1.29, 1.82) is 0 Å². The zero-order valence-electron chi connectivity index (χ0n) is 7.13. The van der Waals surface area contributed by atoms with Gasteiger partial charge in [-0.15, -0.1) is 0 Å². The summed E-state index contributed by atoms with van der Waals surface area (Å²) in [5, 5.41) is 4.34. The van der Waals surface area contributed by atoms with Crippen molar-refractivity contribution >= 4 is 5.91 Å². The number of amides is 1. The van der Waals surface area contributed by atoms with Gasteiger partial charge >= 0.3 is 0 Å². The molecule has 0 aromatic heterocycles. The Labute approximate surface area is 67.3 Å². The topological polar surface area (TPSA) is 57.2 Å². The molecule has 11 heavy (non-hydrogen) atoms. The second-order valence-electron chi connectivity index (χ2n) is 3.51. The molecule has 3 heteroatoms. The van der Waals surface area contributed by atoms with E-state index >= 15 is 0 Å². The van der Waals surface area contributed by atoms with Gasteiger partial charge in [0.25, 0.3) is 0 Å². The predicted molar refractivity (Wildman–Crippen MR) is 43.0 cm³/mol. The lowest BCUT2D eigenvalue weighted by molar-refractivity contribution is -0.125. The Hall–Kier alpha value is -0.570. The minimum absolute atomic E-state index is 0.288. The van der Waals surface area contributed by atoms with Crippen molar-refractivity contribution in [2.45, 2.75) is 44.7 Å². The van der Waals surface area contributed by atoms with Gasteiger partial charge < -0.3 is 5.73 Å². The SMILES string of the molecule is CC1CCCC(C)(C(N)=O)[N]1. The molecule has 1 heterocycles. The lowest BCUT2D eigenvalue weighted by Crippen LogP contribution is -2.53. The Morgan fingerprint density at radius 3 is 2.73 bits per heavy atom. The van der Waals surface area contributed by atoms with E-state index in [9.17, 15) is 4.79 Å². The van der Waals surface area contributed by atoms with Crippen molar-refractivity contribution in [3.63, 3.8) is 0 Å². The minimum Gasteiger partial charge on any atom is -0.368 e. The Morgan fingerprint density at radius 1 is 1.73 bits per heavy atom. The second kappa shape index (κ2) is 2.81. The Balaban J connectivity index is 2.63. The van der Waals surface area contributed by atoms with E-state index in [1.54, 1.807) is 0 Å². The highest BCUT2D eigenvalue weighted by molar-refractivity contribution is 5.84. The molecule has 1 radical (unpaired) electrons. The van der Waals surface area contributed by atoms with Gasteiger partial charge in [-0.1, -0.05) is 0 Å². The maximum absolute atomic E-state index is 11.0. The van der Waals surface area contributed by atoms with Crippen molar-refractivity contribution in [3.8, 4) is 0 Å². The fourth-order valence-corrected chi connectivity index (χ4v) is 1.54. The summed E-state index contributed by atoms with van der Waals surface area (Å²) in [7, 11) is 0. The third-order valence-electron chi connectivity index (χ3n) is 2.32. The van der Waals surface area contributed by atoms with Crippen molar-refractivity contribution in [2.24, 2.45) is 5.73 Å². The van der Waals surface area contributed by atoms with Crippen LogP contribution in [0.15, 0.2) is 0 Å². The third kappa shape index (κ3) is 1.71. The number of nitrogens with zero attached hydrogens (tertiary/aromatic N) is 1. The van der Waals surface area contributed by atoms with Crippen molar-refractivity contribution in [3.05, 3.63) is 0 Å². The van der Waals surface area contributed by atoms with Crippen molar-refractivity contribution < 1.29 is 4.79 Å². The van der Waals surface area contributed by atoms with Gasteiger partial charge in [-0.2, -0.15) is 0 Å². The van der Waals surface area contributed by atoms with Crippen LogP contribution in [0.2, 0.25) is 0 Å². The van der Waals surface area contributed by atoms with E-state index in [0.717, 1.165) is 19.3 Å². The average molecular weight is 155 g/mol. The zero-order chi connectivity index (χ0) is 8.48. The number of carbonyl (C=O) groups excluding carboxylic acids is 1. The number of piperidine rings is 1. The summed E-state index contributed by atoms with van der Waals surface area (Å²) in [5.41, 5.74) is 4.65. The van der Waals surface area contributed by atoms with Gasteiger partial charge in [0.05, 0.1) is 0 Å². The van der Waals surface area contributed by atoms with Crippen LogP contribution < -0.4 is 11.1 Å². The number of hydrogen-bond acceptors (Lipinski definition) is 1. The summed E-state index contributed by atoms with van der Waals surface area (Å²) in [5.74, 6) is -0.288. The van der Waals surface area contributed by atoms with Crippen LogP contribution in [0.5, 0.6) is 0 Å². The lowest BCUT2D eigenvalue weighted by atomic mass is 9.87. The highest BCUT2D eigenvalue weighted by atomic mass is 16.1. The quantitative estimate of drug-likeness (QED) is 0.585. The molecule has 1 amide bonds. The molecule has 1 fully saturated rings. The smallest absolute Gasteiger partial charge is 0.239 e. The number of carbonyl (C=O) groups is 1. The fraction of sp³-hybridized carbons (Fsp3) is 0.875. The average Bonchev–Trinajstić information content (AvgIpc) is 1.86. The Morgan fingerprint density at radius 2 is 2.36 bits per heavy atom. The number of rotatable bonds is 1. The van der Waals surface area contributed by atoms with E-state index in [1.807, 2.05) is 13.8 Å². The summed E-state index contributed by atoms with van der Waals surface area (Å²) in [6.45, 7) is 3.85. The molecule has 1 saturated heterocycles. The molecule has 2 N–H and O–H groups in total. The van der Waals surface area contributed by atoms with Crippen LogP contribution in [0.25, 0.3) is 0 Å². The van der Waals surface area contributed by atoms with E-state index in [1.165, 1.54) is 0 Å². The second-order valence-corrected chi connectivity index (χ2v) is 3.51. The molecule has 63 valence electrons. The molecular weight excluding hydrogens is 140 g/mol.